The molecule has 1 aliphatic rings. The van der Waals surface area contributed by atoms with Crippen LogP contribution in [-0.4, -0.2) is 35.9 Å². The lowest BCUT2D eigenvalue weighted by molar-refractivity contribution is -0.287. The number of alkyl halides is 3. The molecule has 1 aliphatic heterocycles. The number of urea groups is 1. The van der Waals surface area contributed by atoms with Crippen molar-refractivity contribution < 1.29 is 32.6 Å². The van der Waals surface area contributed by atoms with Gasteiger partial charge in [0.1, 0.15) is 11.7 Å². The van der Waals surface area contributed by atoms with Crippen molar-refractivity contribution in [2.75, 3.05) is 7.11 Å². The van der Waals surface area contributed by atoms with Gasteiger partial charge < -0.3 is 20.5 Å². The highest BCUT2D eigenvalue weighted by molar-refractivity contribution is 7.12. The molecule has 0 radical (unpaired) electrons. The van der Waals surface area contributed by atoms with E-state index in [1.165, 1.54) is 48.1 Å². The molecule has 2 heterocycles. The highest BCUT2D eigenvalue weighted by Crippen LogP contribution is 2.46. The second kappa shape index (κ2) is 7.26. The smallest absolute Gasteiger partial charge is 0.437 e. The third-order valence-electron chi connectivity index (χ3n) is 4.39. The molecule has 0 saturated carbocycles. The summed E-state index contributed by atoms with van der Waals surface area (Å²) in [6.45, 7) is 0. The normalized spacial score (nSPS) is 25.0. The first kappa shape index (κ1) is 20.4. The fourth-order valence-electron chi connectivity index (χ4n) is 3.16. The molecule has 0 bridgehead atoms. The van der Waals surface area contributed by atoms with Crippen LogP contribution in [0.2, 0.25) is 5.02 Å². The highest BCUT2D eigenvalue weighted by Gasteiger charge is 2.66. The standard InChI is InChI=1S/C17H14ClF3N2O4S/c1-27-14-8(4-2-5-9(14)18)12-11(13(24)10-6-3-7-28-10)16(26,17(19,20)21)23-15(25)22-12/h2-7,11-12,26H,1H3,(H2,22,23,25)/t11-,12+,16-/m1/s1. The van der Waals surface area contributed by atoms with E-state index >= 15 is 0 Å². The summed E-state index contributed by atoms with van der Waals surface area (Å²) in [4.78, 5) is 25.0. The molecule has 3 rings (SSSR count). The summed E-state index contributed by atoms with van der Waals surface area (Å²) in [7, 11) is 1.25. The molecule has 3 atom stereocenters. The number of para-hydroxylation sites is 1. The molecule has 1 aromatic heterocycles. The summed E-state index contributed by atoms with van der Waals surface area (Å²) in [5.41, 5.74) is -3.77. The lowest BCUT2D eigenvalue weighted by Gasteiger charge is -2.45. The van der Waals surface area contributed by atoms with Crippen LogP contribution in [0.5, 0.6) is 5.75 Å². The third kappa shape index (κ3) is 3.31. The van der Waals surface area contributed by atoms with Crippen LogP contribution >= 0.6 is 22.9 Å². The van der Waals surface area contributed by atoms with Crippen LogP contribution in [0, 0.1) is 5.92 Å². The maximum Gasteiger partial charge on any atom is 0.437 e. The van der Waals surface area contributed by atoms with E-state index in [1.54, 1.807) is 0 Å². The first-order valence-corrected chi connectivity index (χ1v) is 9.13. The van der Waals surface area contributed by atoms with E-state index in [-0.39, 0.29) is 21.2 Å². The van der Waals surface area contributed by atoms with Gasteiger partial charge in [0, 0.05) is 5.56 Å². The number of thiophene rings is 1. The molecule has 2 amide bonds. The quantitative estimate of drug-likeness (QED) is 0.643. The molecule has 28 heavy (non-hydrogen) atoms. The van der Waals surface area contributed by atoms with Crippen molar-refractivity contribution >= 4 is 34.8 Å². The van der Waals surface area contributed by atoms with E-state index in [9.17, 15) is 27.9 Å². The van der Waals surface area contributed by atoms with Crippen molar-refractivity contribution in [1.82, 2.24) is 10.6 Å². The SMILES string of the molecule is COc1c(Cl)cccc1[C@@H]1NC(=O)N[C@](O)(C(F)(F)F)[C@H]1C(=O)c1cccs1. The maximum absolute atomic E-state index is 13.8. The summed E-state index contributed by atoms with van der Waals surface area (Å²) >= 11 is 6.97. The molecular formula is C17H14ClF3N2O4S. The van der Waals surface area contributed by atoms with E-state index < -0.39 is 35.7 Å². The van der Waals surface area contributed by atoms with Gasteiger partial charge >= 0.3 is 12.2 Å². The Morgan fingerprint density at radius 2 is 2.04 bits per heavy atom. The number of benzene rings is 1. The number of ether oxygens (including phenoxy) is 1. The fourth-order valence-corrected chi connectivity index (χ4v) is 4.12. The lowest BCUT2D eigenvalue weighted by atomic mass is 9.78. The molecule has 0 aliphatic carbocycles. The minimum atomic E-state index is -5.33. The second-order valence-corrected chi connectivity index (χ2v) is 7.38. The van der Waals surface area contributed by atoms with Crippen LogP contribution in [0.25, 0.3) is 0 Å². The van der Waals surface area contributed by atoms with Crippen LogP contribution in [0.4, 0.5) is 18.0 Å². The van der Waals surface area contributed by atoms with Gasteiger partial charge in [0.05, 0.1) is 23.1 Å². The number of halogens is 4. The van der Waals surface area contributed by atoms with Crippen LogP contribution in [0.1, 0.15) is 21.3 Å². The average Bonchev–Trinajstić information content (AvgIpc) is 3.14. The Hall–Kier alpha value is -2.30. The zero-order chi connectivity index (χ0) is 20.7. The summed E-state index contributed by atoms with van der Waals surface area (Å²) in [5, 5.41) is 15.8. The third-order valence-corrected chi connectivity index (χ3v) is 5.57. The number of methoxy groups -OCH3 is 1. The molecule has 3 N–H and O–H groups in total. The van der Waals surface area contributed by atoms with Crippen LogP contribution in [0.3, 0.4) is 0 Å². The van der Waals surface area contributed by atoms with Gasteiger partial charge in [-0.05, 0) is 17.5 Å². The van der Waals surface area contributed by atoms with Gasteiger partial charge in [-0.15, -0.1) is 11.3 Å². The second-order valence-electron chi connectivity index (χ2n) is 6.02. The molecule has 0 unspecified atom stereocenters. The Bertz CT molecular complexity index is 906. The molecular weight excluding hydrogens is 421 g/mol. The number of hydrogen-bond acceptors (Lipinski definition) is 5. The van der Waals surface area contributed by atoms with Crippen LogP contribution in [0.15, 0.2) is 35.7 Å². The first-order chi connectivity index (χ1) is 13.1. The van der Waals surface area contributed by atoms with Gasteiger partial charge in [-0.1, -0.05) is 29.8 Å². The zero-order valence-electron chi connectivity index (χ0n) is 14.2. The Labute approximate surface area is 166 Å². The van der Waals surface area contributed by atoms with Crippen LogP contribution in [-0.2, 0) is 0 Å². The zero-order valence-corrected chi connectivity index (χ0v) is 15.8. The first-order valence-electron chi connectivity index (χ1n) is 7.88. The number of hydrogen-bond donors (Lipinski definition) is 3. The van der Waals surface area contributed by atoms with E-state index in [1.807, 2.05) is 0 Å². The molecule has 1 saturated heterocycles. The molecule has 150 valence electrons. The van der Waals surface area contributed by atoms with E-state index in [0.29, 0.717) is 0 Å². The van der Waals surface area contributed by atoms with Gasteiger partial charge in [-0.25, -0.2) is 4.79 Å². The van der Waals surface area contributed by atoms with Gasteiger partial charge in [0.2, 0.25) is 5.72 Å². The molecule has 1 aromatic carbocycles. The average molecular weight is 435 g/mol. The van der Waals surface area contributed by atoms with Gasteiger partial charge in [-0.2, -0.15) is 13.2 Å². The van der Waals surface area contributed by atoms with E-state index in [0.717, 1.165) is 11.3 Å². The Balaban J connectivity index is 2.22. The molecule has 2 aromatic rings. The van der Waals surface area contributed by atoms with Crippen molar-refractivity contribution in [2.45, 2.75) is 17.9 Å². The van der Waals surface area contributed by atoms with Crippen LogP contribution < -0.4 is 15.4 Å². The number of rotatable bonds is 4. The molecule has 11 heteroatoms. The minimum absolute atomic E-state index is 0.00313. The topological polar surface area (TPSA) is 87.7 Å². The highest BCUT2D eigenvalue weighted by atomic mass is 35.5. The number of ketones is 1. The lowest BCUT2D eigenvalue weighted by Crippen LogP contribution is -2.72. The molecule has 1 fully saturated rings. The van der Waals surface area contributed by atoms with E-state index in [2.05, 4.69) is 5.32 Å². The number of carbonyl (C=O) groups excluding carboxylic acids is 2. The number of nitrogens with one attached hydrogen (secondary N) is 2. The minimum Gasteiger partial charge on any atom is -0.495 e. The molecule has 6 nitrogen and oxygen atoms in total. The summed E-state index contributed by atoms with van der Waals surface area (Å²) in [6.07, 6.45) is -5.33. The number of Topliss-reactive ketones (excluding diaryl/α,β-unsaturated/α-hetero) is 1. The monoisotopic (exact) mass is 434 g/mol. The van der Waals surface area contributed by atoms with Crippen molar-refractivity contribution in [1.29, 1.82) is 0 Å². The number of carbonyl (C=O) groups is 2. The Morgan fingerprint density at radius 1 is 1.32 bits per heavy atom. The number of aliphatic hydroxyl groups is 1. The Morgan fingerprint density at radius 3 is 2.61 bits per heavy atom. The predicted molar refractivity (Wildman–Crippen MR) is 95.6 cm³/mol. The van der Waals surface area contributed by atoms with Gasteiger partial charge in [0.15, 0.2) is 5.78 Å². The maximum atomic E-state index is 13.8. The largest absolute Gasteiger partial charge is 0.495 e. The predicted octanol–water partition coefficient (Wildman–Crippen LogP) is 3.51. The van der Waals surface area contributed by atoms with Crippen molar-refractivity contribution in [2.24, 2.45) is 5.92 Å². The van der Waals surface area contributed by atoms with Crippen molar-refractivity contribution in [3.63, 3.8) is 0 Å². The van der Waals surface area contributed by atoms with Crippen molar-refractivity contribution in [3.05, 3.63) is 51.2 Å². The van der Waals surface area contributed by atoms with Crippen molar-refractivity contribution in [3.8, 4) is 5.75 Å². The summed E-state index contributed by atoms with van der Waals surface area (Å²) in [5.74, 6) is -3.13. The number of amides is 2. The summed E-state index contributed by atoms with van der Waals surface area (Å²) in [6, 6.07) is 4.24. The molecule has 0 spiro atoms. The van der Waals surface area contributed by atoms with Gasteiger partial charge in [-0.3, -0.25) is 4.79 Å². The van der Waals surface area contributed by atoms with E-state index in [4.69, 9.17) is 16.3 Å². The Kier molecular flexibility index (Phi) is 5.30. The fraction of sp³-hybridized carbons (Fsp3) is 0.294. The van der Waals surface area contributed by atoms with Gasteiger partial charge in [0.25, 0.3) is 0 Å². The summed E-state index contributed by atoms with van der Waals surface area (Å²) < 4.78 is 46.6.